The second-order valence-corrected chi connectivity index (χ2v) is 12.4. The van der Waals surface area contributed by atoms with Crippen molar-refractivity contribution in [3.8, 4) is 0 Å². The molecule has 3 saturated heterocycles. The predicted molar refractivity (Wildman–Crippen MR) is 142 cm³/mol. The number of alkyl halides is 1. The predicted octanol–water partition coefficient (Wildman–Crippen LogP) is 3.55. The highest BCUT2D eigenvalue weighted by atomic mass is 79.9. The number of aliphatic hydroxyl groups is 1. The van der Waals surface area contributed by atoms with Gasteiger partial charge in [-0.25, -0.2) is 0 Å². The zero-order chi connectivity index (χ0) is 25.6. The summed E-state index contributed by atoms with van der Waals surface area (Å²) in [6.45, 7) is 11.4. The normalized spacial score (nSPS) is 30.9. The Morgan fingerprint density at radius 2 is 2.06 bits per heavy atom. The highest BCUT2D eigenvalue weighted by molar-refractivity contribution is 9.09. The largest absolute Gasteiger partial charge is 0.465 e. The molecule has 3 heterocycles. The van der Waals surface area contributed by atoms with Crippen LogP contribution in [0.3, 0.4) is 0 Å². The maximum atomic E-state index is 14.1. The molecule has 6 atom stereocenters. The average Bonchev–Trinajstić information content (AvgIpc) is 3.42. The van der Waals surface area contributed by atoms with E-state index >= 15 is 0 Å². The number of amides is 2. The Morgan fingerprint density at radius 3 is 2.71 bits per heavy atom. The molecule has 0 saturated carbocycles. The molecule has 196 valence electrons. The number of fused-ring (bicyclic) bond motifs is 1. The van der Waals surface area contributed by atoms with E-state index in [-0.39, 0.29) is 41.1 Å². The lowest BCUT2D eigenvalue weighted by atomic mass is 9.71. The van der Waals surface area contributed by atoms with Crippen LogP contribution in [0.5, 0.6) is 0 Å². The maximum absolute atomic E-state index is 14.1. The number of esters is 1. The van der Waals surface area contributed by atoms with Crippen LogP contribution in [-0.2, 0) is 19.1 Å². The molecule has 2 bridgehead atoms. The number of nitrogens with zero attached hydrogens (tertiary/aromatic N) is 2. The van der Waals surface area contributed by atoms with Crippen LogP contribution >= 0.6 is 27.7 Å². The zero-order valence-electron chi connectivity index (χ0n) is 20.7. The topological polar surface area (TPSA) is 87.2 Å². The molecule has 0 aromatic rings. The summed E-state index contributed by atoms with van der Waals surface area (Å²) >= 11 is 5.40. The van der Waals surface area contributed by atoms with Gasteiger partial charge in [0.25, 0.3) is 0 Å². The number of likely N-dealkylation sites (tertiary alicyclic amines) is 1. The van der Waals surface area contributed by atoms with Gasteiger partial charge in [-0.15, -0.1) is 24.9 Å². The summed E-state index contributed by atoms with van der Waals surface area (Å²) in [4.78, 5) is 44.8. The third kappa shape index (κ3) is 5.52. The molecule has 35 heavy (non-hydrogen) atoms. The minimum atomic E-state index is -0.668. The van der Waals surface area contributed by atoms with Gasteiger partial charge >= 0.3 is 5.97 Å². The van der Waals surface area contributed by atoms with E-state index in [0.29, 0.717) is 45.3 Å². The van der Waals surface area contributed by atoms with E-state index in [2.05, 4.69) is 36.0 Å². The first-order valence-corrected chi connectivity index (χ1v) is 14.6. The molecule has 1 spiro atoms. The lowest BCUT2D eigenvalue weighted by Crippen LogP contribution is -2.55. The SMILES string of the molecule is C=CCCOC(=O)[C@H]1[C@@H]2SC3(CC2Br)C(C(=O)N(CC=C)CCCCC)N(CCCCO)C(=O)[C@H]13. The highest BCUT2D eigenvalue weighted by Crippen LogP contribution is 2.68. The van der Waals surface area contributed by atoms with Crippen molar-refractivity contribution in [1.82, 2.24) is 9.80 Å². The number of unbranched alkanes of at least 4 members (excludes halogenated alkanes) is 3. The minimum Gasteiger partial charge on any atom is -0.465 e. The van der Waals surface area contributed by atoms with E-state index in [1.54, 1.807) is 28.8 Å². The van der Waals surface area contributed by atoms with Crippen LogP contribution in [0.15, 0.2) is 25.3 Å². The van der Waals surface area contributed by atoms with Crippen LogP contribution in [0.25, 0.3) is 0 Å². The van der Waals surface area contributed by atoms with Crippen molar-refractivity contribution in [3.63, 3.8) is 0 Å². The molecule has 9 heteroatoms. The molecular formula is C26H39BrN2O5S. The third-order valence-electron chi connectivity index (χ3n) is 7.36. The van der Waals surface area contributed by atoms with Crippen LogP contribution in [0.2, 0.25) is 0 Å². The fourth-order valence-electron chi connectivity index (χ4n) is 5.82. The van der Waals surface area contributed by atoms with Crippen LogP contribution in [-0.4, -0.2) is 86.4 Å². The molecule has 0 aliphatic carbocycles. The Morgan fingerprint density at radius 1 is 1.29 bits per heavy atom. The van der Waals surface area contributed by atoms with Crippen molar-refractivity contribution in [2.45, 2.75) is 72.7 Å². The van der Waals surface area contributed by atoms with E-state index in [0.717, 1.165) is 19.3 Å². The van der Waals surface area contributed by atoms with Gasteiger partial charge in [0.2, 0.25) is 11.8 Å². The number of aliphatic hydroxyl groups excluding tert-OH is 1. The van der Waals surface area contributed by atoms with Gasteiger partial charge in [-0.2, -0.15) is 0 Å². The fourth-order valence-corrected chi connectivity index (χ4v) is 9.42. The molecule has 0 radical (unpaired) electrons. The van der Waals surface area contributed by atoms with Gasteiger partial charge in [0.15, 0.2) is 0 Å². The van der Waals surface area contributed by atoms with Crippen LogP contribution < -0.4 is 0 Å². The Bertz CT molecular complexity index is 811. The molecule has 2 amide bonds. The first-order valence-electron chi connectivity index (χ1n) is 12.8. The van der Waals surface area contributed by atoms with Crippen molar-refractivity contribution in [2.24, 2.45) is 11.8 Å². The third-order valence-corrected chi connectivity index (χ3v) is 10.6. The maximum Gasteiger partial charge on any atom is 0.310 e. The minimum absolute atomic E-state index is 0.0224. The van der Waals surface area contributed by atoms with E-state index in [1.807, 2.05) is 4.90 Å². The second-order valence-electron chi connectivity index (χ2n) is 9.65. The molecule has 3 rings (SSSR count). The Labute approximate surface area is 221 Å². The number of hydrogen-bond acceptors (Lipinski definition) is 6. The summed E-state index contributed by atoms with van der Waals surface area (Å²) in [6, 6.07) is -0.638. The number of carbonyl (C=O) groups is 3. The quantitative estimate of drug-likeness (QED) is 0.140. The molecule has 7 nitrogen and oxygen atoms in total. The van der Waals surface area contributed by atoms with E-state index in [4.69, 9.17) is 4.74 Å². The van der Waals surface area contributed by atoms with Crippen LogP contribution in [0, 0.1) is 11.8 Å². The molecule has 0 aromatic heterocycles. The second kappa shape index (κ2) is 12.8. The van der Waals surface area contributed by atoms with Gasteiger partial charge in [0, 0.05) is 36.3 Å². The monoisotopic (exact) mass is 570 g/mol. The Hall–Kier alpha value is -1.32. The summed E-state index contributed by atoms with van der Waals surface area (Å²) in [5, 5.41) is 9.20. The zero-order valence-corrected chi connectivity index (χ0v) is 23.1. The van der Waals surface area contributed by atoms with Gasteiger partial charge in [0.1, 0.15) is 6.04 Å². The van der Waals surface area contributed by atoms with Gasteiger partial charge < -0.3 is 19.6 Å². The first-order chi connectivity index (χ1) is 16.9. The van der Waals surface area contributed by atoms with E-state index < -0.39 is 22.6 Å². The van der Waals surface area contributed by atoms with E-state index in [1.165, 1.54) is 0 Å². The van der Waals surface area contributed by atoms with Gasteiger partial charge in [-0.05, 0) is 32.1 Å². The van der Waals surface area contributed by atoms with Gasteiger partial charge in [0.05, 0.1) is 23.2 Å². The summed E-state index contributed by atoms with van der Waals surface area (Å²) < 4.78 is 4.88. The lowest BCUT2D eigenvalue weighted by Gasteiger charge is -2.38. The number of ether oxygens (including phenoxy) is 1. The van der Waals surface area contributed by atoms with Crippen molar-refractivity contribution >= 4 is 45.5 Å². The van der Waals surface area contributed by atoms with E-state index in [9.17, 15) is 19.5 Å². The number of rotatable bonds is 15. The highest BCUT2D eigenvalue weighted by Gasteiger charge is 2.76. The van der Waals surface area contributed by atoms with Gasteiger partial charge in [-0.1, -0.05) is 47.8 Å². The van der Waals surface area contributed by atoms with Gasteiger partial charge in [-0.3, -0.25) is 14.4 Å². The fraction of sp³-hybridized carbons (Fsp3) is 0.731. The lowest BCUT2D eigenvalue weighted by molar-refractivity contribution is -0.154. The molecule has 3 aliphatic rings. The molecule has 3 aliphatic heterocycles. The van der Waals surface area contributed by atoms with Crippen molar-refractivity contribution in [1.29, 1.82) is 0 Å². The number of carbonyl (C=O) groups excluding carboxylic acids is 3. The number of halogens is 1. The van der Waals surface area contributed by atoms with Crippen LogP contribution in [0.4, 0.5) is 0 Å². The number of thioether (sulfide) groups is 1. The van der Waals surface area contributed by atoms with Crippen molar-refractivity contribution in [3.05, 3.63) is 25.3 Å². The average molecular weight is 572 g/mol. The molecule has 3 unspecified atom stereocenters. The number of hydrogen-bond donors (Lipinski definition) is 1. The smallest absolute Gasteiger partial charge is 0.310 e. The molecular weight excluding hydrogens is 532 g/mol. The standard InChI is InChI=1S/C26H39BrN2O5S/c1-4-7-9-13-28(12-6-3)24(32)22-26-17-18(27)21(35-26)19(25(33)34-16-8-5-2)20(26)23(31)29(22)14-10-11-15-30/h5-6,18-22,30H,2-4,7-17H2,1H3/t18?,19-,20+,21-,22?,26?/m1/s1. The molecule has 3 fully saturated rings. The molecule has 1 N–H and O–H groups in total. The molecule has 0 aromatic carbocycles. The van der Waals surface area contributed by atoms with Crippen molar-refractivity contribution < 1.29 is 24.2 Å². The summed E-state index contributed by atoms with van der Waals surface area (Å²) in [6.07, 6.45) is 8.77. The Balaban J connectivity index is 1.95. The Kier molecular flexibility index (Phi) is 10.3. The van der Waals surface area contributed by atoms with Crippen molar-refractivity contribution in [2.75, 3.05) is 32.8 Å². The first kappa shape index (κ1) is 28.3. The summed E-state index contributed by atoms with van der Waals surface area (Å²) in [7, 11) is 0. The van der Waals surface area contributed by atoms with Crippen LogP contribution in [0.1, 0.15) is 51.9 Å². The summed E-state index contributed by atoms with van der Waals surface area (Å²) in [5.41, 5.74) is 0. The summed E-state index contributed by atoms with van der Waals surface area (Å²) in [5.74, 6) is -1.71.